The fraction of sp³-hybridized carbons (Fsp3) is 0.412. The Morgan fingerprint density at radius 1 is 1.29 bits per heavy atom. The van der Waals surface area contributed by atoms with Gasteiger partial charge in [0.25, 0.3) is 0 Å². The minimum Gasteiger partial charge on any atom is -0.489 e. The van der Waals surface area contributed by atoms with Crippen LogP contribution < -0.4 is 9.64 Å². The van der Waals surface area contributed by atoms with Gasteiger partial charge in [0.2, 0.25) is 11.8 Å². The number of carbonyl (C=O) groups excluding carboxylic acids is 2. The maximum absolute atomic E-state index is 13.9. The maximum atomic E-state index is 13.9. The molecule has 2 aliphatic rings. The van der Waals surface area contributed by atoms with Gasteiger partial charge in [0.1, 0.15) is 18.2 Å². The van der Waals surface area contributed by atoms with Gasteiger partial charge in [0.15, 0.2) is 0 Å². The summed E-state index contributed by atoms with van der Waals surface area (Å²) < 4.78 is 19.7. The predicted octanol–water partition coefficient (Wildman–Crippen LogP) is 2.74. The first-order valence-electron chi connectivity index (χ1n) is 7.86. The molecule has 7 heteroatoms. The molecule has 1 fully saturated rings. The lowest BCUT2D eigenvalue weighted by Crippen LogP contribution is -2.46. The third kappa shape index (κ3) is 3.17. The van der Waals surface area contributed by atoms with Crippen LogP contribution >= 0.6 is 15.9 Å². The van der Waals surface area contributed by atoms with Crippen molar-refractivity contribution in [3.05, 3.63) is 35.1 Å². The van der Waals surface area contributed by atoms with E-state index in [9.17, 15) is 14.0 Å². The Bertz CT molecular complexity index is 687. The van der Waals surface area contributed by atoms with Gasteiger partial charge < -0.3 is 14.5 Å². The minimum atomic E-state index is -0.427. The molecule has 1 aromatic rings. The van der Waals surface area contributed by atoms with Gasteiger partial charge in [-0.25, -0.2) is 4.39 Å². The monoisotopic (exact) mass is 396 g/mol. The first kappa shape index (κ1) is 17.0. The van der Waals surface area contributed by atoms with Gasteiger partial charge in [0.05, 0.1) is 16.7 Å². The van der Waals surface area contributed by atoms with Crippen molar-refractivity contribution in [1.29, 1.82) is 0 Å². The van der Waals surface area contributed by atoms with Crippen LogP contribution in [0.2, 0.25) is 0 Å². The normalized spacial score (nSPS) is 17.9. The molecular weight excluding hydrogens is 379 g/mol. The van der Waals surface area contributed by atoms with Crippen LogP contribution in [0.25, 0.3) is 0 Å². The summed E-state index contributed by atoms with van der Waals surface area (Å²) in [7, 11) is 0. The molecule has 0 spiro atoms. The fourth-order valence-corrected chi connectivity index (χ4v) is 3.46. The molecule has 5 nitrogen and oxygen atoms in total. The SMILES string of the molecule is C=CC(=O)N1CCC(C(=O)N2CCOc3cc(Br)c(F)cc32)CC1. The van der Waals surface area contributed by atoms with Gasteiger partial charge in [-0.1, -0.05) is 6.58 Å². The Kier molecular flexibility index (Phi) is 4.89. The highest BCUT2D eigenvalue weighted by molar-refractivity contribution is 9.10. The van der Waals surface area contributed by atoms with E-state index in [2.05, 4.69) is 22.5 Å². The van der Waals surface area contributed by atoms with Crippen molar-refractivity contribution < 1.29 is 18.7 Å². The van der Waals surface area contributed by atoms with Gasteiger partial charge in [-0.15, -0.1) is 0 Å². The number of benzene rings is 1. The molecule has 1 saturated heterocycles. The van der Waals surface area contributed by atoms with Crippen LogP contribution in [-0.2, 0) is 9.59 Å². The third-order valence-electron chi connectivity index (χ3n) is 4.46. The summed E-state index contributed by atoms with van der Waals surface area (Å²) in [5.41, 5.74) is 0.469. The number of rotatable bonds is 2. The van der Waals surface area contributed by atoms with Crippen molar-refractivity contribution in [2.24, 2.45) is 5.92 Å². The van der Waals surface area contributed by atoms with Crippen LogP contribution in [0.3, 0.4) is 0 Å². The zero-order chi connectivity index (χ0) is 17.3. The Morgan fingerprint density at radius 2 is 2.00 bits per heavy atom. The van der Waals surface area contributed by atoms with Gasteiger partial charge in [-0.3, -0.25) is 9.59 Å². The zero-order valence-corrected chi connectivity index (χ0v) is 14.7. The number of nitrogens with zero attached hydrogens (tertiary/aromatic N) is 2. The van der Waals surface area contributed by atoms with E-state index in [1.807, 2.05) is 0 Å². The molecule has 0 aromatic heterocycles. The topological polar surface area (TPSA) is 49.9 Å². The molecular formula is C17H18BrFN2O3. The standard InChI is InChI=1S/C17H18BrFN2O3/c1-2-16(22)20-5-3-11(4-6-20)17(23)21-7-8-24-15-9-12(18)13(19)10-14(15)21/h2,9-11H,1,3-8H2. The molecule has 2 aliphatic heterocycles. The second-order valence-electron chi connectivity index (χ2n) is 5.88. The fourth-order valence-electron chi connectivity index (χ4n) is 3.14. The van der Waals surface area contributed by atoms with Gasteiger partial charge in [-0.2, -0.15) is 0 Å². The van der Waals surface area contributed by atoms with E-state index < -0.39 is 5.82 Å². The number of fused-ring (bicyclic) bond motifs is 1. The van der Waals surface area contributed by atoms with E-state index in [1.54, 1.807) is 15.9 Å². The van der Waals surface area contributed by atoms with Crippen molar-refractivity contribution in [1.82, 2.24) is 4.90 Å². The summed E-state index contributed by atoms with van der Waals surface area (Å²) >= 11 is 3.13. The highest BCUT2D eigenvalue weighted by atomic mass is 79.9. The van der Waals surface area contributed by atoms with Crippen LogP contribution in [0, 0.1) is 11.7 Å². The third-order valence-corrected chi connectivity index (χ3v) is 5.07. The Balaban J connectivity index is 1.75. The van der Waals surface area contributed by atoms with Crippen molar-refractivity contribution in [2.75, 3.05) is 31.1 Å². The molecule has 0 N–H and O–H groups in total. The lowest BCUT2D eigenvalue weighted by atomic mass is 9.94. The molecule has 0 atom stereocenters. The molecule has 24 heavy (non-hydrogen) atoms. The summed E-state index contributed by atoms with van der Waals surface area (Å²) in [6.45, 7) is 5.33. The predicted molar refractivity (Wildman–Crippen MR) is 91.4 cm³/mol. The first-order valence-corrected chi connectivity index (χ1v) is 8.65. The number of likely N-dealkylation sites (tertiary alicyclic amines) is 1. The van der Waals surface area contributed by atoms with E-state index in [0.29, 0.717) is 55.0 Å². The number of carbonyl (C=O) groups is 2. The number of amides is 2. The Hall–Kier alpha value is -1.89. The number of anilines is 1. The molecule has 1 aromatic carbocycles. The number of ether oxygens (including phenoxy) is 1. The number of halogens is 2. The highest BCUT2D eigenvalue weighted by Gasteiger charge is 2.33. The average Bonchev–Trinajstić information content (AvgIpc) is 2.61. The quantitative estimate of drug-likeness (QED) is 0.722. The van der Waals surface area contributed by atoms with E-state index >= 15 is 0 Å². The van der Waals surface area contributed by atoms with Crippen LogP contribution in [0.15, 0.2) is 29.3 Å². The van der Waals surface area contributed by atoms with Crippen molar-refractivity contribution in [3.63, 3.8) is 0 Å². The molecule has 0 saturated carbocycles. The minimum absolute atomic E-state index is 0.0352. The summed E-state index contributed by atoms with van der Waals surface area (Å²) in [6, 6.07) is 2.88. The Morgan fingerprint density at radius 3 is 2.67 bits per heavy atom. The van der Waals surface area contributed by atoms with Crippen molar-refractivity contribution >= 4 is 33.4 Å². The van der Waals surface area contributed by atoms with Gasteiger partial charge in [0, 0.05) is 25.1 Å². The average molecular weight is 397 g/mol. The summed E-state index contributed by atoms with van der Waals surface area (Å²) in [6.07, 6.45) is 2.50. The first-order chi connectivity index (χ1) is 11.5. The second kappa shape index (κ2) is 6.93. The second-order valence-corrected chi connectivity index (χ2v) is 6.73. The van der Waals surface area contributed by atoms with E-state index in [1.165, 1.54) is 12.1 Å². The largest absolute Gasteiger partial charge is 0.489 e. The van der Waals surface area contributed by atoms with E-state index in [0.717, 1.165) is 0 Å². The number of hydrogen-bond donors (Lipinski definition) is 0. The van der Waals surface area contributed by atoms with Crippen molar-refractivity contribution in [2.45, 2.75) is 12.8 Å². The number of piperidine rings is 1. The molecule has 0 unspecified atom stereocenters. The van der Waals surface area contributed by atoms with Crippen LogP contribution in [0.1, 0.15) is 12.8 Å². The summed E-state index contributed by atoms with van der Waals surface area (Å²) in [5.74, 6) is -0.237. The lowest BCUT2D eigenvalue weighted by molar-refractivity contribution is -0.131. The van der Waals surface area contributed by atoms with Gasteiger partial charge >= 0.3 is 0 Å². The molecule has 0 aliphatic carbocycles. The maximum Gasteiger partial charge on any atom is 0.245 e. The van der Waals surface area contributed by atoms with Crippen molar-refractivity contribution in [3.8, 4) is 5.75 Å². The highest BCUT2D eigenvalue weighted by Crippen LogP contribution is 2.37. The smallest absolute Gasteiger partial charge is 0.245 e. The van der Waals surface area contributed by atoms with E-state index in [4.69, 9.17) is 4.74 Å². The number of hydrogen-bond acceptors (Lipinski definition) is 3. The molecule has 2 heterocycles. The van der Waals surface area contributed by atoms with Gasteiger partial charge in [-0.05, 0) is 40.9 Å². The summed E-state index contributed by atoms with van der Waals surface area (Å²) in [5, 5.41) is 0. The van der Waals surface area contributed by atoms with Crippen LogP contribution in [0.5, 0.6) is 5.75 Å². The van der Waals surface area contributed by atoms with Crippen LogP contribution in [0.4, 0.5) is 10.1 Å². The molecule has 2 amide bonds. The molecule has 0 radical (unpaired) electrons. The molecule has 0 bridgehead atoms. The van der Waals surface area contributed by atoms with Crippen LogP contribution in [-0.4, -0.2) is 43.0 Å². The molecule has 3 rings (SSSR count). The zero-order valence-electron chi connectivity index (χ0n) is 13.1. The molecule has 128 valence electrons. The summed E-state index contributed by atoms with van der Waals surface area (Å²) in [4.78, 5) is 27.8. The Labute approximate surface area is 148 Å². The van der Waals surface area contributed by atoms with E-state index in [-0.39, 0.29) is 17.7 Å². The lowest BCUT2D eigenvalue weighted by Gasteiger charge is -2.36.